The fourth-order valence-electron chi connectivity index (χ4n) is 2.47. The van der Waals surface area contributed by atoms with Crippen molar-refractivity contribution >= 4 is 11.6 Å². The molecule has 0 spiro atoms. The second kappa shape index (κ2) is 6.87. The molecule has 4 heteroatoms. The highest BCUT2D eigenvalue weighted by atomic mass is 16.5. The first-order valence-corrected chi connectivity index (χ1v) is 7.52. The Hall–Kier alpha value is -3.27. The van der Waals surface area contributed by atoms with Crippen molar-refractivity contribution < 1.29 is 14.6 Å². The maximum absolute atomic E-state index is 12.4. The Morgan fingerprint density at radius 1 is 0.917 bits per heavy atom. The summed E-state index contributed by atoms with van der Waals surface area (Å²) >= 11 is 0. The summed E-state index contributed by atoms with van der Waals surface area (Å²) in [6.45, 7) is 0. The van der Waals surface area contributed by atoms with E-state index in [4.69, 9.17) is 4.74 Å². The number of para-hydroxylation sites is 1. The lowest BCUT2D eigenvalue weighted by Crippen LogP contribution is -2.12. The van der Waals surface area contributed by atoms with Gasteiger partial charge in [-0.2, -0.15) is 0 Å². The van der Waals surface area contributed by atoms with Gasteiger partial charge in [0.1, 0.15) is 11.5 Å². The van der Waals surface area contributed by atoms with Crippen molar-refractivity contribution in [3.8, 4) is 22.6 Å². The minimum absolute atomic E-state index is 0.0619. The summed E-state index contributed by atoms with van der Waals surface area (Å²) in [7, 11) is 1.55. The number of amides is 1. The number of ether oxygens (including phenoxy) is 1. The van der Waals surface area contributed by atoms with Gasteiger partial charge in [-0.25, -0.2) is 0 Å². The first-order chi connectivity index (χ1) is 11.7. The lowest BCUT2D eigenvalue weighted by atomic mass is 10.0. The molecule has 0 aliphatic rings. The van der Waals surface area contributed by atoms with Crippen molar-refractivity contribution in [2.24, 2.45) is 0 Å². The molecular formula is C20H17NO3. The monoisotopic (exact) mass is 319 g/mol. The van der Waals surface area contributed by atoms with Gasteiger partial charge in [-0.15, -0.1) is 0 Å². The molecule has 1 amide bonds. The number of methoxy groups -OCH3 is 1. The molecule has 2 N–H and O–H groups in total. The lowest BCUT2D eigenvalue weighted by Gasteiger charge is -2.13. The van der Waals surface area contributed by atoms with E-state index in [0.29, 0.717) is 11.4 Å². The predicted octanol–water partition coefficient (Wildman–Crippen LogP) is 4.32. The number of carbonyl (C=O) groups is 1. The fraction of sp³-hybridized carbons (Fsp3) is 0.0500. The zero-order valence-electron chi connectivity index (χ0n) is 13.2. The van der Waals surface area contributed by atoms with Gasteiger partial charge in [-0.05, 0) is 35.4 Å². The first-order valence-electron chi connectivity index (χ1n) is 7.52. The van der Waals surface area contributed by atoms with Crippen molar-refractivity contribution in [2.75, 3.05) is 12.4 Å². The molecule has 3 rings (SSSR count). The number of nitrogens with one attached hydrogen (secondary N) is 1. The highest BCUT2D eigenvalue weighted by Gasteiger charge is 2.14. The smallest absolute Gasteiger partial charge is 0.259 e. The Kier molecular flexibility index (Phi) is 4.47. The topological polar surface area (TPSA) is 58.6 Å². The van der Waals surface area contributed by atoms with Crippen molar-refractivity contribution in [1.82, 2.24) is 0 Å². The molecule has 24 heavy (non-hydrogen) atoms. The predicted molar refractivity (Wildman–Crippen MR) is 94.5 cm³/mol. The van der Waals surface area contributed by atoms with Gasteiger partial charge in [-0.3, -0.25) is 4.79 Å². The fourth-order valence-corrected chi connectivity index (χ4v) is 2.47. The number of hydrogen-bond acceptors (Lipinski definition) is 3. The molecule has 0 aliphatic heterocycles. The molecule has 0 aromatic heterocycles. The van der Waals surface area contributed by atoms with Gasteiger partial charge < -0.3 is 15.2 Å². The summed E-state index contributed by atoms with van der Waals surface area (Å²) < 4.78 is 5.33. The first kappa shape index (κ1) is 15.6. The van der Waals surface area contributed by atoms with Crippen LogP contribution in [-0.4, -0.2) is 18.1 Å². The molecule has 0 radical (unpaired) electrons. The van der Waals surface area contributed by atoms with Crippen LogP contribution in [0.4, 0.5) is 5.69 Å². The Morgan fingerprint density at radius 2 is 1.62 bits per heavy atom. The van der Waals surface area contributed by atoms with Gasteiger partial charge in [0.15, 0.2) is 0 Å². The second-order valence-electron chi connectivity index (χ2n) is 5.25. The van der Waals surface area contributed by atoms with E-state index < -0.39 is 5.91 Å². The average molecular weight is 319 g/mol. The van der Waals surface area contributed by atoms with E-state index in [1.807, 2.05) is 48.5 Å². The normalized spacial score (nSPS) is 10.2. The van der Waals surface area contributed by atoms with Crippen LogP contribution in [0, 0.1) is 0 Å². The van der Waals surface area contributed by atoms with Crippen LogP contribution in [0.3, 0.4) is 0 Å². The number of phenols is 1. The van der Waals surface area contributed by atoms with E-state index in [2.05, 4.69) is 5.32 Å². The van der Waals surface area contributed by atoms with Crippen molar-refractivity contribution in [1.29, 1.82) is 0 Å². The molecule has 120 valence electrons. The number of rotatable bonds is 4. The maximum Gasteiger partial charge on any atom is 0.259 e. The van der Waals surface area contributed by atoms with Gasteiger partial charge in [0.2, 0.25) is 0 Å². The number of aromatic hydroxyl groups is 1. The maximum atomic E-state index is 12.4. The quantitative estimate of drug-likeness (QED) is 0.753. The summed E-state index contributed by atoms with van der Waals surface area (Å²) in [4.78, 5) is 12.4. The van der Waals surface area contributed by atoms with Gasteiger partial charge in [-0.1, -0.05) is 48.5 Å². The zero-order valence-corrected chi connectivity index (χ0v) is 13.2. The van der Waals surface area contributed by atoms with Crippen LogP contribution in [0.15, 0.2) is 72.8 Å². The third-order valence-electron chi connectivity index (χ3n) is 3.70. The van der Waals surface area contributed by atoms with E-state index in [-0.39, 0.29) is 11.3 Å². The summed E-state index contributed by atoms with van der Waals surface area (Å²) in [5.41, 5.74) is 2.76. The standard InChI is InChI=1S/C20H17NO3/c1-24-19-12-11-15(14-7-3-2-4-8-14)13-17(19)21-20(23)16-9-5-6-10-18(16)22/h2-13,22H,1H3,(H,21,23). The molecule has 3 aromatic carbocycles. The second-order valence-corrected chi connectivity index (χ2v) is 5.25. The van der Waals surface area contributed by atoms with Crippen LogP contribution < -0.4 is 10.1 Å². The molecule has 0 saturated carbocycles. The van der Waals surface area contributed by atoms with Crippen molar-refractivity contribution in [3.63, 3.8) is 0 Å². The van der Waals surface area contributed by atoms with E-state index in [9.17, 15) is 9.90 Å². The lowest BCUT2D eigenvalue weighted by molar-refractivity contribution is 0.102. The number of benzene rings is 3. The molecule has 0 aliphatic carbocycles. The van der Waals surface area contributed by atoms with Crippen molar-refractivity contribution in [3.05, 3.63) is 78.4 Å². The minimum atomic E-state index is -0.392. The summed E-state index contributed by atoms with van der Waals surface area (Å²) in [5, 5.41) is 12.6. The largest absolute Gasteiger partial charge is 0.507 e. The van der Waals surface area contributed by atoms with E-state index in [1.165, 1.54) is 6.07 Å². The van der Waals surface area contributed by atoms with Crippen molar-refractivity contribution in [2.45, 2.75) is 0 Å². The van der Waals surface area contributed by atoms with Gasteiger partial charge in [0.25, 0.3) is 5.91 Å². The van der Waals surface area contributed by atoms with E-state index in [1.54, 1.807) is 25.3 Å². The Bertz CT molecular complexity index is 860. The van der Waals surface area contributed by atoms with Gasteiger partial charge in [0, 0.05) is 0 Å². The van der Waals surface area contributed by atoms with E-state index in [0.717, 1.165) is 11.1 Å². The third-order valence-corrected chi connectivity index (χ3v) is 3.70. The molecule has 0 unspecified atom stereocenters. The molecule has 0 saturated heterocycles. The molecular weight excluding hydrogens is 302 g/mol. The van der Waals surface area contributed by atoms with Crippen LogP contribution >= 0.6 is 0 Å². The third kappa shape index (κ3) is 3.22. The van der Waals surface area contributed by atoms with Gasteiger partial charge >= 0.3 is 0 Å². The summed E-state index contributed by atoms with van der Waals surface area (Å²) in [5.74, 6) is 0.100. The summed E-state index contributed by atoms with van der Waals surface area (Å²) in [6.07, 6.45) is 0. The molecule has 0 bridgehead atoms. The molecule has 4 nitrogen and oxygen atoms in total. The van der Waals surface area contributed by atoms with Crippen LogP contribution in [0.1, 0.15) is 10.4 Å². The number of anilines is 1. The van der Waals surface area contributed by atoms with Gasteiger partial charge in [0.05, 0.1) is 18.4 Å². The number of phenolic OH excluding ortho intramolecular Hbond substituents is 1. The average Bonchev–Trinajstić information content (AvgIpc) is 2.62. The SMILES string of the molecule is COc1ccc(-c2ccccc2)cc1NC(=O)c1ccccc1O. The Morgan fingerprint density at radius 3 is 2.33 bits per heavy atom. The molecule has 0 fully saturated rings. The Labute approximate surface area is 140 Å². The van der Waals surface area contributed by atoms with E-state index >= 15 is 0 Å². The Balaban J connectivity index is 1.94. The number of hydrogen-bond donors (Lipinski definition) is 2. The number of carbonyl (C=O) groups excluding carboxylic acids is 1. The summed E-state index contributed by atoms with van der Waals surface area (Å²) in [6, 6.07) is 21.9. The highest BCUT2D eigenvalue weighted by Crippen LogP contribution is 2.31. The van der Waals surface area contributed by atoms with Crippen LogP contribution in [0.2, 0.25) is 0 Å². The molecule has 3 aromatic rings. The molecule has 0 heterocycles. The minimum Gasteiger partial charge on any atom is -0.507 e. The highest BCUT2D eigenvalue weighted by molar-refractivity contribution is 6.07. The van der Waals surface area contributed by atoms with Crippen LogP contribution in [0.25, 0.3) is 11.1 Å². The van der Waals surface area contributed by atoms with Crippen LogP contribution in [0.5, 0.6) is 11.5 Å². The van der Waals surface area contributed by atoms with Crippen LogP contribution in [-0.2, 0) is 0 Å². The zero-order chi connectivity index (χ0) is 16.9. The molecule has 0 atom stereocenters.